The molecule has 0 saturated carbocycles. The van der Waals surface area contributed by atoms with Gasteiger partial charge < -0.3 is 10.4 Å². The lowest BCUT2D eigenvalue weighted by atomic mass is 10.2. The van der Waals surface area contributed by atoms with Gasteiger partial charge in [-0.25, -0.2) is 0 Å². The molecule has 0 atom stereocenters. The van der Waals surface area contributed by atoms with E-state index in [1.807, 2.05) is 20.8 Å². The summed E-state index contributed by atoms with van der Waals surface area (Å²) in [5.41, 5.74) is 0.515. The summed E-state index contributed by atoms with van der Waals surface area (Å²) in [6.07, 6.45) is 0.694. The number of nitrogens with one attached hydrogen (secondary N) is 1. The molecular weight excluding hydrogens is 318 g/mol. The van der Waals surface area contributed by atoms with Crippen LogP contribution < -0.4 is 5.32 Å². The standard InChI is InChI=1S/C16H27NO5S/c1-4-20-23(21-5-2,22-6-3)13-7-12-17-16(19)14-8-10-15(18)11-9-14/h8-11,18H,4-7,12-13H2,1-3H3,(H,17,19). The first-order chi connectivity index (χ1) is 11.1. The smallest absolute Gasteiger partial charge is 0.251 e. The van der Waals surface area contributed by atoms with Crippen molar-refractivity contribution in [3.63, 3.8) is 0 Å². The maximum atomic E-state index is 12.0. The number of phenols is 1. The number of hydrogen-bond donors (Lipinski definition) is 2. The maximum Gasteiger partial charge on any atom is 0.251 e. The van der Waals surface area contributed by atoms with Crippen molar-refractivity contribution in [2.75, 3.05) is 32.1 Å². The van der Waals surface area contributed by atoms with Gasteiger partial charge in [-0.05, 0) is 51.5 Å². The van der Waals surface area contributed by atoms with Crippen LogP contribution in [0, 0.1) is 0 Å². The quantitative estimate of drug-likeness (QED) is 0.602. The first kappa shape index (κ1) is 19.8. The topological polar surface area (TPSA) is 77.0 Å². The molecule has 7 heteroatoms. The van der Waals surface area contributed by atoms with E-state index in [1.165, 1.54) is 12.1 Å². The van der Waals surface area contributed by atoms with E-state index in [4.69, 9.17) is 12.5 Å². The predicted molar refractivity (Wildman–Crippen MR) is 92.4 cm³/mol. The third-order valence-electron chi connectivity index (χ3n) is 2.88. The molecule has 0 fully saturated rings. The zero-order valence-electron chi connectivity index (χ0n) is 14.0. The summed E-state index contributed by atoms with van der Waals surface area (Å²) in [6.45, 7) is 7.80. The normalized spacial score (nSPS) is 12.1. The Bertz CT molecular complexity index is 449. The lowest BCUT2D eigenvalue weighted by molar-refractivity contribution is 0.0953. The third-order valence-corrected chi connectivity index (χ3v) is 5.45. The summed E-state index contributed by atoms with van der Waals surface area (Å²) in [5.74, 6) is 0.577. The average molecular weight is 345 g/mol. The van der Waals surface area contributed by atoms with E-state index in [9.17, 15) is 9.90 Å². The molecule has 0 aliphatic carbocycles. The van der Waals surface area contributed by atoms with Crippen molar-refractivity contribution in [1.82, 2.24) is 5.32 Å². The Labute approximate surface area is 140 Å². The number of amides is 1. The van der Waals surface area contributed by atoms with Crippen molar-refractivity contribution in [3.8, 4) is 5.75 Å². The highest BCUT2D eigenvalue weighted by Crippen LogP contribution is 2.51. The van der Waals surface area contributed by atoms with Crippen molar-refractivity contribution < 1.29 is 22.5 Å². The molecule has 1 rings (SSSR count). The summed E-state index contributed by atoms with van der Waals surface area (Å²) in [5, 5.41) is 12.1. The summed E-state index contributed by atoms with van der Waals surface area (Å²) in [6, 6.07) is 6.15. The van der Waals surface area contributed by atoms with Crippen LogP contribution in [0.25, 0.3) is 0 Å². The Balaban J connectivity index is 2.46. The highest BCUT2D eigenvalue weighted by Gasteiger charge is 2.25. The Morgan fingerprint density at radius 1 is 1.04 bits per heavy atom. The van der Waals surface area contributed by atoms with E-state index in [0.717, 1.165) is 0 Å². The van der Waals surface area contributed by atoms with Gasteiger partial charge in [-0.15, -0.1) is 0 Å². The molecule has 1 aromatic rings. The summed E-state index contributed by atoms with van der Waals surface area (Å²) in [7, 11) is -2.00. The monoisotopic (exact) mass is 345 g/mol. The lowest BCUT2D eigenvalue weighted by Gasteiger charge is -2.36. The number of hydrogen-bond acceptors (Lipinski definition) is 5. The van der Waals surface area contributed by atoms with Crippen molar-refractivity contribution in [2.45, 2.75) is 27.2 Å². The molecule has 0 radical (unpaired) electrons. The number of phenolic OH excluding ortho intramolecular Hbond substituents is 1. The van der Waals surface area contributed by atoms with Gasteiger partial charge in [0, 0.05) is 17.9 Å². The molecule has 1 amide bonds. The number of aromatic hydroxyl groups is 1. The van der Waals surface area contributed by atoms with Gasteiger partial charge in [0.25, 0.3) is 5.91 Å². The van der Waals surface area contributed by atoms with Crippen LogP contribution in [0.1, 0.15) is 37.6 Å². The van der Waals surface area contributed by atoms with Gasteiger partial charge in [-0.3, -0.25) is 17.3 Å². The second-order valence-electron chi connectivity index (χ2n) is 4.64. The zero-order chi connectivity index (χ0) is 17.1. The highest BCUT2D eigenvalue weighted by atomic mass is 32.3. The van der Waals surface area contributed by atoms with E-state index >= 15 is 0 Å². The fourth-order valence-corrected chi connectivity index (χ4v) is 4.12. The molecule has 0 saturated heterocycles. The highest BCUT2D eigenvalue weighted by molar-refractivity contribution is 8.21. The molecule has 0 aliphatic rings. The molecule has 0 bridgehead atoms. The third kappa shape index (κ3) is 6.78. The minimum Gasteiger partial charge on any atom is -0.508 e. The van der Waals surface area contributed by atoms with E-state index in [-0.39, 0.29) is 11.7 Å². The fourth-order valence-electron chi connectivity index (χ4n) is 1.98. The summed E-state index contributed by atoms with van der Waals surface area (Å²) in [4.78, 5) is 12.0. The Kier molecular flexibility index (Phi) is 9.01. The van der Waals surface area contributed by atoms with Gasteiger partial charge in [0.1, 0.15) is 5.75 Å². The number of benzene rings is 1. The Morgan fingerprint density at radius 3 is 2.04 bits per heavy atom. The van der Waals surface area contributed by atoms with Gasteiger partial charge in [-0.1, -0.05) is 0 Å². The second kappa shape index (κ2) is 10.5. The fraction of sp³-hybridized carbons (Fsp3) is 0.562. The van der Waals surface area contributed by atoms with Crippen LogP contribution in [0.4, 0.5) is 0 Å². The van der Waals surface area contributed by atoms with Gasteiger partial charge in [0.2, 0.25) is 0 Å². The Morgan fingerprint density at radius 2 is 1.57 bits per heavy atom. The average Bonchev–Trinajstić information content (AvgIpc) is 2.53. The van der Waals surface area contributed by atoms with E-state index in [0.29, 0.717) is 44.1 Å². The molecular formula is C16H27NO5S. The largest absolute Gasteiger partial charge is 0.508 e. The molecule has 0 spiro atoms. The van der Waals surface area contributed by atoms with Crippen LogP contribution in [-0.4, -0.2) is 43.1 Å². The van der Waals surface area contributed by atoms with Crippen LogP contribution in [0.5, 0.6) is 5.75 Å². The first-order valence-electron chi connectivity index (χ1n) is 7.88. The molecule has 0 unspecified atom stereocenters. The van der Waals surface area contributed by atoms with Crippen LogP contribution in [-0.2, 0) is 12.5 Å². The van der Waals surface area contributed by atoms with Crippen molar-refractivity contribution in [2.24, 2.45) is 0 Å². The number of rotatable bonds is 11. The summed E-state index contributed by atoms with van der Waals surface area (Å²) >= 11 is 0. The van der Waals surface area contributed by atoms with Crippen LogP contribution >= 0.6 is 10.9 Å². The Hall–Kier alpha value is -1.28. The van der Waals surface area contributed by atoms with Crippen LogP contribution in [0.15, 0.2) is 24.3 Å². The van der Waals surface area contributed by atoms with Crippen molar-refractivity contribution in [1.29, 1.82) is 0 Å². The molecule has 0 heterocycles. The molecule has 1 aromatic carbocycles. The minimum atomic E-state index is -2.00. The summed E-state index contributed by atoms with van der Waals surface area (Å²) < 4.78 is 17.1. The SMILES string of the molecule is CCOS(CCCNC(=O)c1ccc(O)cc1)(OCC)OCC. The molecule has 6 nitrogen and oxygen atoms in total. The molecule has 0 aliphatic heterocycles. The maximum absolute atomic E-state index is 12.0. The second-order valence-corrected chi connectivity index (χ2v) is 6.87. The van der Waals surface area contributed by atoms with Gasteiger partial charge in [0.15, 0.2) is 0 Å². The zero-order valence-corrected chi connectivity index (χ0v) is 14.9. The lowest BCUT2D eigenvalue weighted by Crippen LogP contribution is -2.26. The number of carbonyl (C=O) groups excluding carboxylic acids is 1. The van der Waals surface area contributed by atoms with Gasteiger partial charge in [-0.2, -0.15) is 0 Å². The van der Waals surface area contributed by atoms with E-state index in [1.54, 1.807) is 12.1 Å². The van der Waals surface area contributed by atoms with Gasteiger partial charge >= 0.3 is 0 Å². The molecule has 2 N–H and O–H groups in total. The van der Waals surface area contributed by atoms with Crippen molar-refractivity contribution in [3.05, 3.63) is 29.8 Å². The predicted octanol–water partition coefficient (Wildman–Crippen LogP) is 3.17. The van der Waals surface area contributed by atoms with Crippen LogP contribution in [0.2, 0.25) is 0 Å². The van der Waals surface area contributed by atoms with Crippen molar-refractivity contribution >= 4 is 16.8 Å². The minimum absolute atomic E-state index is 0.139. The van der Waals surface area contributed by atoms with Crippen LogP contribution in [0.3, 0.4) is 0 Å². The number of carbonyl (C=O) groups is 1. The first-order valence-corrected chi connectivity index (χ1v) is 9.46. The molecule has 132 valence electrons. The van der Waals surface area contributed by atoms with E-state index in [2.05, 4.69) is 5.32 Å². The molecule has 23 heavy (non-hydrogen) atoms. The van der Waals surface area contributed by atoms with E-state index < -0.39 is 10.9 Å². The molecule has 0 aromatic heterocycles. The van der Waals surface area contributed by atoms with Gasteiger partial charge in [0.05, 0.1) is 30.7 Å².